The molecule has 0 aliphatic heterocycles. The fourth-order valence-electron chi connectivity index (χ4n) is 0.685. The van der Waals surface area contributed by atoms with Gasteiger partial charge in [-0.1, -0.05) is 0 Å². The Bertz CT molecular complexity index is 103. The Morgan fingerprint density at radius 3 is 1.64 bits per heavy atom. The third kappa shape index (κ3) is 5.22. The molecular weight excluding hydrogens is 136 g/mol. The van der Waals surface area contributed by atoms with Gasteiger partial charge in [-0.15, -0.1) is 0 Å². The van der Waals surface area contributed by atoms with E-state index in [0.29, 0.717) is 5.54 Å². The first-order valence-corrected chi connectivity index (χ1v) is 4.20. The molecule has 0 aliphatic rings. The van der Waals surface area contributed by atoms with E-state index in [1.807, 2.05) is 0 Å². The van der Waals surface area contributed by atoms with Crippen molar-refractivity contribution in [3.05, 3.63) is 0 Å². The van der Waals surface area contributed by atoms with Crippen LogP contribution in [-0.2, 0) is 0 Å². The first kappa shape index (κ1) is 10.9. The van der Waals surface area contributed by atoms with E-state index in [1.54, 1.807) is 0 Å². The van der Waals surface area contributed by atoms with Crippen LogP contribution < -0.4 is 0 Å². The number of hydrogen-bond acceptors (Lipinski definition) is 2. The average molecular weight is 158 g/mol. The lowest BCUT2D eigenvalue weighted by molar-refractivity contribution is 0.161. The van der Waals surface area contributed by atoms with Gasteiger partial charge in [-0.05, 0) is 41.9 Å². The molecule has 0 N–H and O–H groups in total. The second-order valence-corrected chi connectivity index (χ2v) is 4.40. The van der Waals surface area contributed by atoms with Crippen LogP contribution in [0.3, 0.4) is 0 Å². The van der Waals surface area contributed by atoms with Crippen molar-refractivity contribution < 1.29 is 0 Å². The van der Waals surface area contributed by atoms with Gasteiger partial charge in [-0.3, -0.25) is 0 Å². The van der Waals surface area contributed by atoms with Crippen molar-refractivity contribution in [1.29, 1.82) is 0 Å². The highest BCUT2D eigenvalue weighted by molar-refractivity contribution is 4.72. The third-order valence-electron chi connectivity index (χ3n) is 2.03. The normalized spacial score (nSPS) is 13.1. The molecule has 0 rings (SSSR count). The van der Waals surface area contributed by atoms with Crippen LogP contribution in [0, 0.1) is 0 Å². The zero-order chi connectivity index (χ0) is 9.07. The SMILES string of the molecule is CN(C)CCN(C)C(C)(C)C. The smallest absolute Gasteiger partial charge is 0.0122 e. The van der Waals surface area contributed by atoms with Crippen LogP contribution in [0.15, 0.2) is 0 Å². The maximum atomic E-state index is 2.37. The molecule has 0 spiro atoms. The second-order valence-electron chi connectivity index (χ2n) is 4.40. The summed E-state index contributed by atoms with van der Waals surface area (Å²) in [5.74, 6) is 0. The van der Waals surface area contributed by atoms with Crippen LogP contribution in [-0.4, -0.2) is 49.6 Å². The van der Waals surface area contributed by atoms with E-state index in [4.69, 9.17) is 0 Å². The van der Waals surface area contributed by atoms with Crippen molar-refractivity contribution in [2.75, 3.05) is 34.2 Å². The van der Waals surface area contributed by atoms with E-state index < -0.39 is 0 Å². The van der Waals surface area contributed by atoms with E-state index in [2.05, 4.69) is 51.7 Å². The molecule has 0 aromatic carbocycles. The highest BCUT2D eigenvalue weighted by Crippen LogP contribution is 2.08. The molecule has 2 nitrogen and oxygen atoms in total. The summed E-state index contributed by atoms with van der Waals surface area (Å²) in [6.45, 7) is 8.98. The molecule has 0 amide bonds. The van der Waals surface area contributed by atoms with Gasteiger partial charge in [0.2, 0.25) is 0 Å². The number of nitrogens with zero attached hydrogens (tertiary/aromatic N) is 2. The van der Waals surface area contributed by atoms with Crippen LogP contribution >= 0.6 is 0 Å². The molecule has 0 aliphatic carbocycles. The summed E-state index contributed by atoms with van der Waals surface area (Å²) in [6.07, 6.45) is 0. The van der Waals surface area contributed by atoms with Gasteiger partial charge in [0, 0.05) is 18.6 Å². The van der Waals surface area contributed by atoms with Crippen molar-refractivity contribution >= 4 is 0 Å². The highest BCUT2D eigenvalue weighted by atomic mass is 15.2. The van der Waals surface area contributed by atoms with Crippen molar-refractivity contribution in [2.45, 2.75) is 26.3 Å². The third-order valence-corrected chi connectivity index (χ3v) is 2.03. The zero-order valence-electron chi connectivity index (χ0n) is 8.81. The van der Waals surface area contributed by atoms with Crippen molar-refractivity contribution in [3.63, 3.8) is 0 Å². The van der Waals surface area contributed by atoms with E-state index in [-0.39, 0.29) is 0 Å². The summed E-state index contributed by atoms with van der Waals surface area (Å²) in [4.78, 5) is 4.58. The van der Waals surface area contributed by atoms with E-state index in [1.165, 1.54) is 0 Å². The predicted molar refractivity (Wildman–Crippen MR) is 50.9 cm³/mol. The van der Waals surface area contributed by atoms with Crippen LogP contribution in [0.25, 0.3) is 0 Å². The quantitative estimate of drug-likeness (QED) is 0.610. The lowest BCUT2D eigenvalue weighted by Crippen LogP contribution is -2.41. The van der Waals surface area contributed by atoms with Gasteiger partial charge in [0.1, 0.15) is 0 Å². The summed E-state index contributed by atoms with van der Waals surface area (Å²) in [5.41, 5.74) is 0.302. The minimum atomic E-state index is 0.302. The molecule has 68 valence electrons. The summed E-state index contributed by atoms with van der Waals surface area (Å²) in [6, 6.07) is 0. The van der Waals surface area contributed by atoms with Crippen LogP contribution in [0.1, 0.15) is 20.8 Å². The van der Waals surface area contributed by atoms with Gasteiger partial charge in [0.05, 0.1) is 0 Å². The average Bonchev–Trinajstić information content (AvgIpc) is 1.80. The Hall–Kier alpha value is -0.0800. The molecule has 0 saturated carbocycles. The number of rotatable bonds is 3. The van der Waals surface area contributed by atoms with Gasteiger partial charge in [0.25, 0.3) is 0 Å². The van der Waals surface area contributed by atoms with Gasteiger partial charge in [-0.2, -0.15) is 0 Å². The van der Waals surface area contributed by atoms with Crippen molar-refractivity contribution in [3.8, 4) is 0 Å². The van der Waals surface area contributed by atoms with Gasteiger partial charge >= 0.3 is 0 Å². The largest absolute Gasteiger partial charge is 0.308 e. The lowest BCUT2D eigenvalue weighted by atomic mass is 10.1. The van der Waals surface area contributed by atoms with Crippen molar-refractivity contribution in [1.82, 2.24) is 9.80 Å². The standard InChI is InChI=1S/C9H22N2/c1-9(2,3)11(6)8-7-10(4)5/h7-8H2,1-6H3. The maximum Gasteiger partial charge on any atom is 0.0122 e. The first-order valence-electron chi connectivity index (χ1n) is 4.20. The Morgan fingerprint density at radius 1 is 0.909 bits per heavy atom. The molecule has 0 radical (unpaired) electrons. The van der Waals surface area contributed by atoms with Crippen LogP contribution in [0.4, 0.5) is 0 Å². The number of likely N-dealkylation sites (N-methyl/N-ethyl adjacent to an activating group) is 2. The molecular formula is C9H22N2. The molecule has 0 aromatic rings. The number of hydrogen-bond donors (Lipinski definition) is 0. The van der Waals surface area contributed by atoms with Crippen LogP contribution in [0.2, 0.25) is 0 Å². The highest BCUT2D eigenvalue weighted by Gasteiger charge is 2.15. The monoisotopic (exact) mass is 158 g/mol. The summed E-state index contributed by atoms with van der Waals surface area (Å²) < 4.78 is 0. The molecule has 0 unspecified atom stereocenters. The minimum absolute atomic E-state index is 0.302. The Labute approximate surface area is 71.2 Å². The molecule has 0 fully saturated rings. The summed E-state index contributed by atoms with van der Waals surface area (Å²) >= 11 is 0. The topological polar surface area (TPSA) is 6.48 Å². The van der Waals surface area contributed by atoms with E-state index >= 15 is 0 Å². The van der Waals surface area contributed by atoms with Crippen LogP contribution in [0.5, 0.6) is 0 Å². The molecule has 0 heterocycles. The fraction of sp³-hybridized carbons (Fsp3) is 1.00. The van der Waals surface area contributed by atoms with E-state index in [9.17, 15) is 0 Å². The maximum absolute atomic E-state index is 2.37. The molecule has 11 heavy (non-hydrogen) atoms. The van der Waals surface area contributed by atoms with Gasteiger partial charge in [0.15, 0.2) is 0 Å². The lowest BCUT2D eigenvalue weighted by Gasteiger charge is -2.32. The molecule has 0 saturated heterocycles. The molecule has 0 aromatic heterocycles. The van der Waals surface area contributed by atoms with E-state index in [0.717, 1.165) is 13.1 Å². The zero-order valence-corrected chi connectivity index (χ0v) is 8.81. The fourth-order valence-corrected chi connectivity index (χ4v) is 0.685. The Morgan fingerprint density at radius 2 is 1.36 bits per heavy atom. The molecule has 2 heteroatoms. The summed E-state index contributed by atoms with van der Waals surface area (Å²) in [7, 11) is 6.39. The summed E-state index contributed by atoms with van der Waals surface area (Å²) in [5, 5.41) is 0. The molecule has 0 atom stereocenters. The Balaban J connectivity index is 3.61. The first-order chi connectivity index (χ1) is 4.84. The second kappa shape index (κ2) is 4.07. The molecule has 0 bridgehead atoms. The van der Waals surface area contributed by atoms with Gasteiger partial charge < -0.3 is 9.80 Å². The van der Waals surface area contributed by atoms with Gasteiger partial charge in [-0.25, -0.2) is 0 Å². The Kier molecular flexibility index (Phi) is 4.04. The minimum Gasteiger partial charge on any atom is -0.308 e. The predicted octanol–water partition coefficient (Wildman–Crippen LogP) is 1.28. The van der Waals surface area contributed by atoms with Crippen molar-refractivity contribution in [2.24, 2.45) is 0 Å².